The molecule has 0 bridgehead atoms. The Morgan fingerprint density at radius 2 is 1.91 bits per heavy atom. The molecule has 126 valence electrons. The number of hydrogen-bond acceptors (Lipinski definition) is 4. The van der Waals surface area contributed by atoms with Crippen LogP contribution in [0.5, 0.6) is 0 Å². The predicted octanol–water partition coefficient (Wildman–Crippen LogP) is 1.30. The average Bonchev–Trinajstić information content (AvgIpc) is 3.09. The summed E-state index contributed by atoms with van der Waals surface area (Å²) in [5.74, 6) is 1.14. The summed E-state index contributed by atoms with van der Waals surface area (Å²) in [4.78, 5) is 30.5. The van der Waals surface area contributed by atoms with Gasteiger partial charge in [-0.2, -0.15) is 0 Å². The minimum Gasteiger partial charge on any atom is -0.459 e. The van der Waals surface area contributed by atoms with E-state index in [2.05, 4.69) is 11.8 Å². The van der Waals surface area contributed by atoms with Crippen molar-refractivity contribution in [1.82, 2.24) is 14.7 Å². The van der Waals surface area contributed by atoms with Crippen LogP contribution in [-0.4, -0.2) is 72.3 Å². The molecule has 1 unspecified atom stereocenters. The Kier molecular flexibility index (Phi) is 5.00. The Morgan fingerprint density at radius 1 is 1.17 bits per heavy atom. The zero-order valence-corrected chi connectivity index (χ0v) is 13.7. The van der Waals surface area contributed by atoms with Gasteiger partial charge in [-0.3, -0.25) is 14.5 Å². The lowest BCUT2D eigenvalue weighted by atomic mass is 10.0. The number of rotatable bonds is 3. The first-order valence-electron chi connectivity index (χ1n) is 8.46. The fourth-order valence-electron chi connectivity index (χ4n) is 3.44. The molecule has 1 aromatic heterocycles. The lowest BCUT2D eigenvalue weighted by molar-refractivity contribution is -0.134. The summed E-state index contributed by atoms with van der Waals surface area (Å²) < 4.78 is 5.15. The van der Waals surface area contributed by atoms with Crippen LogP contribution in [-0.2, 0) is 4.79 Å². The molecule has 0 aliphatic carbocycles. The first kappa shape index (κ1) is 16.1. The Morgan fingerprint density at radius 3 is 2.57 bits per heavy atom. The van der Waals surface area contributed by atoms with Crippen molar-refractivity contribution >= 4 is 11.8 Å². The first-order chi connectivity index (χ1) is 11.1. The van der Waals surface area contributed by atoms with Gasteiger partial charge in [-0.1, -0.05) is 6.92 Å². The molecule has 23 heavy (non-hydrogen) atoms. The van der Waals surface area contributed by atoms with Crippen molar-refractivity contribution < 1.29 is 14.0 Å². The summed E-state index contributed by atoms with van der Waals surface area (Å²) >= 11 is 0. The third-order valence-corrected chi connectivity index (χ3v) is 4.75. The highest BCUT2D eigenvalue weighted by Gasteiger charge is 2.27. The van der Waals surface area contributed by atoms with Crippen LogP contribution >= 0.6 is 0 Å². The van der Waals surface area contributed by atoms with Gasteiger partial charge in [-0.05, 0) is 37.4 Å². The molecule has 2 amide bonds. The van der Waals surface area contributed by atoms with Gasteiger partial charge in [0.2, 0.25) is 5.91 Å². The first-order valence-corrected chi connectivity index (χ1v) is 8.46. The average molecular weight is 319 g/mol. The standard InChI is InChI=1S/C17H25N3O3/c1-14-4-2-6-18(12-14)13-16(21)19-7-9-20(10-8-19)17(22)15-5-3-11-23-15/h3,5,11,14H,2,4,6-10,12-13H2,1H3. The highest BCUT2D eigenvalue weighted by molar-refractivity contribution is 5.91. The van der Waals surface area contributed by atoms with Crippen LogP contribution in [0.25, 0.3) is 0 Å². The van der Waals surface area contributed by atoms with E-state index in [1.807, 2.05) is 4.90 Å². The van der Waals surface area contributed by atoms with E-state index in [9.17, 15) is 9.59 Å². The topological polar surface area (TPSA) is 57.0 Å². The number of nitrogens with zero attached hydrogens (tertiary/aromatic N) is 3. The van der Waals surface area contributed by atoms with Crippen molar-refractivity contribution in [1.29, 1.82) is 0 Å². The summed E-state index contributed by atoms with van der Waals surface area (Å²) in [6, 6.07) is 3.39. The van der Waals surface area contributed by atoms with Crippen LogP contribution in [0.4, 0.5) is 0 Å². The second kappa shape index (κ2) is 7.17. The van der Waals surface area contributed by atoms with Gasteiger partial charge in [0.1, 0.15) is 0 Å². The summed E-state index contributed by atoms with van der Waals surface area (Å²) in [5, 5.41) is 0. The number of piperidine rings is 1. The highest BCUT2D eigenvalue weighted by Crippen LogP contribution is 2.16. The van der Waals surface area contributed by atoms with Gasteiger partial charge >= 0.3 is 0 Å². The van der Waals surface area contributed by atoms with E-state index in [4.69, 9.17) is 4.42 Å². The highest BCUT2D eigenvalue weighted by atomic mass is 16.3. The van der Waals surface area contributed by atoms with Crippen molar-refractivity contribution in [3.05, 3.63) is 24.2 Å². The molecular weight excluding hydrogens is 294 g/mol. The second-order valence-electron chi connectivity index (χ2n) is 6.63. The van der Waals surface area contributed by atoms with Gasteiger partial charge in [0.25, 0.3) is 5.91 Å². The number of piperazine rings is 1. The maximum absolute atomic E-state index is 12.4. The molecule has 3 rings (SSSR count). The van der Waals surface area contributed by atoms with Crippen molar-refractivity contribution in [2.45, 2.75) is 19.8 Å². The molecule has 0 N–H and O–H groups in total. The molecule has 2 aliphatic heterocycles. The van der Waals surface area contributed by atoms with E-state index in [1.54, 1.807) is 17.0 Å². The van der Waals surface area contributed by atoms with Gasteiger partial charge < -0.3 is 14.2 Å². The summed E-state index contributed by atoms with van der Waals surface area (Å²) in [6.45, 7) is 7.15. The largest absolute Gasteiger partial charge is 0.459 e. The number of carbonyl (C=O) groups is 2. The molecule has 1 atom stereocenters. The minimum atomic E-state index is -0.0908. The normalized spacial score (nSPS) is 23.1. The maximum Gasteiger partial charge on any atom is 0.289 e. The van der Waals surface area contributed by atoms with Gasteiger partial charge in [-0.15, -0.1) is 0 Å². The summed E-state index contributed by atoms with van der Waals surface area (Å²) in [7, 11) is 0. The smallest absolute Gasteiger partial charge is 0.289 e. The minimum absolute atomic E-state index is 0.0908. The van der Waals surface area contributed by atoms with Crippen molar-refractivity contribution in [2.75, 3.05) is 45.8 Å². The van der Waals surface area contributed by atoms with E-state index in [1.165, 1.54) is 19.1 Å². The SMILES string of the molecule is CC1CCCN(CC(=O)N2CCN(C(=O)c3ccco3)CC2)C1. The zero-order valence-electron chi connectivity index (χ0n) is 13.7. The van der Waals surface area contributed by atoms with Gasteiger partial charge in [0.15, 0.2) is 5.76 Å². The van der Waals surface area contributed by atoms with E-state index in [0.717, 1.165) is 13.1 Å². The Labute approximate surface area is 137 Å². The van der Waals surface area contributed by atoms with Crippen molar-refractivity contribution in [3.8, 4) is 0 Å². The van der Waals surface area contributed by atoms with Crippen LogP contribution in [0.3, 0.4) is 0 Å². The van der Waals surface area contributed by atoms with Gasteiger partial charge in [-0.25, -0.2) is 0 Å². The fourth-order valence-corrected chi connectivity index (χ4v) is 3.44. The number of furan rings is 1. The van der Waals surface area contributed by atoms with Gasteiger partial charge in [0.05, 0.1) is 12.8 Å². The quantitative estimate of drug-likeness (QED) is 0.842. The number of amides is 2. The molecule has 1 aromatic rings. The van der Waals surface area contributed by atoms with Crippen LogP contribution < -0.4 is 0 Å². The second-order valence-corrected chi connectivity index (χ2v) is 6.63. The van der Waals surface area contributed by atoms with E-state index >= 15 is 0 Å². The van der Waals surface area contributed by atoms with Crippen LogP contribution in [0.2, 0.25) is 0 Å². The molecule has 2 saturated heterocycles. The van der Waals surface area contributed by atoms with E-state index in [-0.39, 0.29) is 11.8 Å². The van der Waals surface area contributed by atoms with Crippen molar-refractivity contribution in [3.63, 3.8) is 0 Å². The molecule has 0 aromatic carbocycles. The predicted molar refractivity (Wildman–Crippen MR) is 86.0 cm³/mol. The molecule has 2 aliphatic rings. The maximum atomic E-state index is 12.4. The fraction of sp³-hybridized carbons (Fsp3) is 0.647. The summed E-state index contributed by atoms with van der Waals surface area (Å²) in [6.07, 6.45) is 3.95. The molecule has 2 fully saturated rings. The Balaban J connectivity index is 1.46. The Hall–Kier alpha value is -1.82. The zero-order chi connectivity index (χ0) is 16.2. The van der Waals surface area contributed by atoms with Crippen LogP contribution in [0.15, 0.2) is 22.8 Å². The third kappa shape index (κ3) is 3.93. The van der Waals surface area contributed by atoms with Crippen LogP contribution in [0, 0.1) is 5.92 Å². The third-order valence-electron chi connectivity index (χ3n) is 4.75. The number of likely N-dealkylation sites (tertiary alicyclic amines) is 1. The monoisotopic (exact) mass is 319 g/mol. The number of carbonyl (C=O) groups excluding carboxylic acids is 2. The molecule has 6 nitrogen and oxygen atoms in total. The van der Waals surface area contributed by atoms with E-state index < -0.39 is 0 Å². The molecule has 6 heteroatoms. The summed E-state index contributed by atoms with van der Waals surface area (Å²) in [5.41, 5.74) is 0. The molecule has 3 heterocycles. The van der Waals surface area contributed by atoms with Gasteiger partial charge in [0, 0.05) is 32.7 Å². The number of hydrogen-bond donors (Lipinski definition) is 0. The lowest BCUT2D eigenvalue weighted by Crippen LogP contribution is -2.53. The molecular formula is C17H25N3O3. The molecule has 0 saturated carbocycles. The van der Waals surface area contributed by atoms with E-state index in [0.29, 0.717) is 44.4 Å². The molecule has 0 radical (unpaired) electrons. The molecule has 0 spiro atoms. The van der Waals surface area contributed by atoms with Crippen LogP contribution in [0.1, 0.15) is 30.3 Å². The Bertz CT molecular complexity index is 535. The van der Waals surface area contributed by atoms with Crippen molar-refractivity contribution in [2.24, 2.45) is 5.92 Å². The lowest BCUT2D eigenvalue weighted by Gasteiger charge is -2.36.